The van der Waals surface area contributed by atoms with Gasteiger partial charge in [-0.3, -0.25) is 0 Å². The molecule has 0 bridgehead atoms. The fraction of sp³-hybridized carbons (Fsp3) is 0.0833. The summed E-state index contributed by atoms with van der Waals surface area (Å²) in [6.45, 7) is -0.144. The Balaban J connectivity index is 2.31. The molecule has 3 nitrogen and oxygen atoms in total. The molecule has 0 aliphatic rings. The summed E-state index contributed by atoms with van der Waals surface area (Å²) in [5, 5.41) is 10.1. The van der Waals surface area contributed by atoms with Crippen LogP contribution in [0.5, 0.6) is 11.6 Å². The van der Waals surface area contributed by atoms with E-state index in [2.05, 4.69) is 4.98 Å². The van der Waals surface area contributed by atoms with Gasteiger partial charge in [-0.2, -0.15) is 0 Å². The van der Waals surface area contributed by atoms with E-state index in [-0.39, 0.29) is 6.61 Å². The van der Waals surface area contributed by atoms with Crippen LogP contribution >= 0.6 is 23.2 Å². The highest BCUT2D eigenvalue weighted by Crippen LogP contribution is 2.31. The standard InChI is InChI=1S/C12H9Cl2NO2/c13-9-3-4-11(10(14)6-9)17-12-8(7-16)2-1-5-15-12/h1-6,16H,7H2. The molecular formula is C12H9Cl2NO2. The Morgan fingerprint density at radius 3 is 2.76 bits per heavy atom. The first kappa shape index (κ1) is 12.2. The smallest absolute Gasteiger partial charge is 0.224 e. The number of halogens is 2. The van der Waals surface area contributed by atoms with Crippen LogP contribution in [0.25, 0.3) is 0 Å². The molecule has 0 aliphatic carbocycles. The highest BCUT2D eigenvalue weighted by Gasteiger charge is 2.08. The maximum atomic E-state index is 9.14. The fourth-order valence-corrected chi connectivity index (χ4v) is 1.75. The topological polar surface area (TPSA) is 42.4 Å². The molecule has 2 rings (SSSR count). The van der Waals surface area contributed by atoms with E-state index in [0.29, 0.717) is 27.2 Å². The molecule has 2 aromatic rings. The fourth-order valence-electron chi connectivity index (χ4n) is 1.30. The van der Waals surface area contributed by atoms with Crippen molar-refractivity contribution >= 4 is 23.2 Å². The molecule has 0 saturated heterocycles. The van der Waals surface area contributed by atoms with Crippen LogP contribution in [0.3, 0.4) is 0 Å². The van der Waals surface area contributed by atoms with Gasteiger partial charge >= 0.3 is 0 Å². The van der Waals surface area contributed by atoms with Crippen molar-refractivity contribution < 1.29 is 9.84 Å². The molecule has 0 fully saturated rings. The molecule has 0 aliphatic heterocycles. The van der Waals surface area contributed by atoms with Crippen LogP contribution < -0.4 is 4.74 Å². The molecule has 0 spiro atoms. The first-order chi connectivity index (χ1) is 8.20. The molecule has 88 valence electrons. The van der Waals surface area contributed by atoms with E-state index in [4.69, 9.17) is 33.0 Å². The van der Waals surface area contributed by atoms with Crippen LogP contribution in [-0.2, 0) is 6.61 Å². The predicted octanol–water partition coefficient (Wildman–Crippen LogP) is 3.67. The summed E-state index contributed by atoms with van der Waals surface area (Å²) in [5.41, 5.74) is 0.596. The van der Waals surface area contributed by atoms with Gasteiger partial charge in [0.2, 0.25) is 5.88 Å². The van der Waals surface area contributed by atoms with E-state index >= 15 is 0 Å². The maximum Gasteiger partial charge on any atom is 0.224 e. The van der Waals surface area contributed by atoms with Crippen molar-refractivity contribution in [2.24, 2.45) is 0 Å². The zero-order chi connectivity index (χ0) is 12.3. The lowest BCUT2D eigenvalue weighted by molar-refractivity contribution is 0.275. The van der Waals surface area contributed by atoms with E-state index < -0.39 is 0 Å². The highest BCUT2D eigenvalue weighted by molar-refractivity contribution is 6.35. The third kappa shape index (κ3) is 2.88. The van der Waals surface area contributed by atoms with Gasteiger partial charge < -0.3 is 9.84 Å². The van der Waals surface area contributed by atoms with Crippen LogP contribution in [0, 0.1) is 0 Å². The number of rotatable bonds is 3. The number of hydrogen-bond donors (Lipinski definition) is 1. The summed E-state index contributed by atoms with van der Waals surface area (Å²) >= 11 is 11.8. The van der Waals surface area contributed by atoms with Gasteiger partial charge in [-0.15, -0.1) is 0 Å². The number of hydrogen-bond acceptors (Lipinski definition) is 3. The third-order valence-electron chi connectivity index (χ3n) is 2.12. The molecule has 1 heterocycles. The highest BCUT2D eigenvalue weighted by atomic mass is 35.5. The van der Waals surface area contributed by atoms with Gasteiger partial charge in [0.1, 0.15) is 5.75 Å². The quantitative estimate of drug-likeness (QED) is 0.925. The minimum Gasteiger partial charge on any atom is -0.437 e. The van der Waals surface area contributed by atoms with Gasteiger partial charge in [-0.05, 0) is 30.3 Å². The van der Waals surface area contributed by atoms with E-state index in [1.54, 1.807) is 36.5 Å². The van der Waals surface area contributed by atoms with E-state index in [9.17, 15) is 0 Å². The molecule has 17 heavy (non-hydrogen) atoms. The molecule has 1 N–H and O–H groups in total. The molecule has 5 heteroatoms. The Kier molecular flexibility index (Phi) is 3.84. The minimum absolute atomic E-state index is 0.144. The lowest BCUT2D eigenvalue weighted by Gasteiger charge is -2.09. The van der Waals surface area contributed by atoms with Gasteiger partial charge in [0.15, 0.2) is 0 Å². The minimum atomic E-state index is -0.144. The van der Waals surface area contributed by atoms with Crippen molar-refractivity contribution in [2.75, 3.05) is 0 Å². The van der Waals surface area contributed by atoms with E-state index in [1.165, 1.54) is 0 Å². The average Bonchev–Trinajstić information content (AvgIpc) is 2.33. The van der Waals surface area contributed by atoms with Crippen LogP contribution in [0.2, 0.25) is 10.0 Å². The first-order valence-corrected chi connectivity index (χ1v) is 5.64. The summed E-state index contributed by atoms with van der Waals surface area (Å²) in [6.07, 6.45) is 1.58. The summed E-state index contributed by atoms with van der Waals surface area (Å²) in [6, 6.07) is 8.36. The zero-order valence-electron chi connectivity index (χ0n) is 8.73. The summed E-state index contributed by atoms with van der Waals surface area (Å²) < 4.78 is 5.52. The Bertz CT molecular complexity index is 532. The Hall–Kier alpha value is -1.29. The number of aliphatic hydroxyl groups is 1. The molecule has 0 atom stereocenters. The largest absolute Gasteiger partial charge is 0.437 e. The Morgan fingerprint density at radius 1 is 1.24 bits per heavy atom. The van der Waals surface area contributed by atoms with Crippen LogP contribution in [0.1, 0.15) is 5.56 Å². The second-order valence-corrected chi connectivity index (χ2v) is 4.15. The Morgan fingerprint density at radius 2 is 2.06 bits per heavy atom. The van der Waals surface area contributed by atoms with Gasteiger partial charge in [0, 0.05) is 16.8 Å². The summed E-state index contributed by atoms with van der Waals surface area (Å²) in [4.78, 5) is 4.03. The maximum absolute atomic E-state index is 9.14. The molecule has 0 radical (unpaired) electrons. The third-order valence-corrected chi connectivity index (χ3v) is 2.65. The summed E-state index contributed by atoms with van der Waals surface area (Å²) in [5.74, 6) is 0.781. The summed E-state index contributed by atoms with van der Waals surface area (Å²) in [7, 11) is 0. The van der Waals surface area contributed by atoms with E-state index in [1.807, 2.05) is 0 Å². The van der Waals surface area contributed by atoms with Gasteiger partial charge in [0.25, 0.3) is 0 Å². The number of benzene rings is 1. The SMILES string of the molecule is OCc1cccnc1Oc1ccc(Cl)cc1Cl. The van der Waals surface area contributed by atoms with Gasteiger partial charge in [-0.25, -0.2) is 4.98 Å². The second-order valence-electron chi connectivity index (χ2n) is 3.30. The molecule has 1 aromatic heterocycles. The van der Waals surface area contributed by atoms with Crippen molar-refractivity contribution in [1.29, 1.82) is 0 Å². The zero-order valence-corrected chi connectivity index (χ0v) is 10.2. The van der Waals surface area contributed by atoms with Crippen LogP contribution in [0.15, 0.2) is 36.5 Å². The van der Waals surface area contributed by atoms with Crippen molar-refractivity contribution in [1.82, 2.24) is 4.98 Å². The second kappa shape index (κ2) is 5.36. The predicted molar refractivity (Wildman–Crippen MR) is 66.7 cm³/mol. The van der Waals surface area contributed by atoms with Crippen molar-refractivity contribution in [3.05, 3.63) is 52.1 Å². The molecule has 0 unspecified atom stereocenters. The van der Waals surface area contributed by atoms with Gasteiger partial charge in [0.05, 0.1) is 11.6 Å². The van der Waals surface area contributed by atoms with Gasteiger partial charge in [-0.1, -0.05) is 23.2 Å². The number of ether oxygens (including phenoxy) is 1. The Labute approximate surface area is 109 Å². The molecule has 0 amide bonds. The molecule has 1 aromatic carbocycles. The number of aliphatic hydroxyl groups excluding tert-OH is 1. The van der Waals surface area contributed by atoms with Crippen LogP contribution in [0.4, 0.5) is 0 Å². The number of pyridine rings is 1. The first-order valence-electron chi connectivity index (χ1n) is 4.88. The number of aromatic nitrogens is 1. The van der Waals surface area contributed by atoms with E-state index in [0.717, 1.165) is 0 Å². The monoisotopic (exact) mass is 269 g/mol. The normalized spacial score (nSPS) is 10.3. The van der Waals surface area contributed by atoms with Crippen molar-refractivity contribution in [3.8, 4) is 11.6 Å². The van der Waals surface area contributed by atoms with Crippen molar-refractivity contribution in [3.63, 3.8) is 0 Å². The lowest BCUT2D eigenvalue weighted by Crippen LogP contribution is -1.94. The average molecular weight is 270 g/mol. The van der Waals surface area contributed by atoms with Crippen LogP contribution in [-0.4, -0.2) is 10.1 Å². The van der Waals surface area contributed by atoms with Crippen molar-refractivity contribution in [2.45, 2.75) is 6.61 Å². The lowest BCUT2D eigenvalue weighted by atomic mass is 10.3. The number of nitrogens with zero attached hydrogens (tertiary/aromatic N) is 1. The molecular weight excluding hydrogens is 261 g/mol. The molecule has 0 saturated carbocycles.